The number of rotatable bonds is 4. The lowest BCUT2D eigenvalue weighted by molar-refractivity contribution is 0.517. The molecule has 0 aliphatic heterocycles. The lowest BCUT2D eigenvalue weighted by atomic mass is 9.87. The van der Waals surface area contributed by atoms with Crippen molar-refractivity contribution in [1.82, 2.24) is 0 Å². The fourth-order valence-corrected chi connectivity index (χ4v) is 10.5. The Morgan fingerprint density at radius 2 is 1.50 bits per heavy atom. The van der Waals surface area contributed by atoms with E-state index in [9.17, 15) is 0 Å². The van der Waals surface area contributed by atoms with E-state index in [4.69, 9.17) is 0 Å². The topological polar surface area (TPSA) is 0 Å². The molecular weight excluding hydrogens is 400 g/mol. The summed E-state index contributed by atoms with van der Waals surface area (Å²) in [5.41, 5.74) is 13.1. The Bertz CT molecular complexity index is 1110. The normalized spacial score (nSPS) is 20.9. The van der Waals surface area contributed by atoms with Crippen molar-refractivity contribution in [3.05, 3.63) is 88.0 Å². The van der Waals surface area contributed by atoms with Gasteiger partial charge >= 0.3 is 0 Å². The van der Waals surface area contributed by atoms with E-state index in [0.717, 1.165) is 0 Å². The summed E-state index contributed by atoms with van der Waals surface area (Å²) in [6, 6.07) is 16.2. The van der Waals surface area contributed by atoms with Crippen LogP contribution in [0.25, 0.3) is 17.2 Å². The number of fused-ring (bicyclic) bond motifs is 1. The van der Waals surface area contributed by atoms with E-state index in [0.29, 0.717) is 17.0 Å². The number of benzene rings is 2. The molecule has 168 valence electrons. The molecule has 0 heterocycles. The van der Waals surface area contributed by atoms with Gasteiger partial charge in [0.05, 0.1) is 8.07 Å². The fourth-order valence-electron chi connectivity index (χ4n) is 5.98. The van der Waals surface area contributed by atoms with Gasteiger partial charge in [0.15, 0.2) is 0 Å². The van der Waals surface area contributed by atoms with Gasteiger partial charge in [-0.3, -0.25) is 0 Å². The van der Waals surface area contributed by atoms with Crippen molar-refractivity contribution in [3.8, 4) is 11.1 Å². The van der Waals surface area contributed by atoms with Crippen LogP contribution in [0.2, 0.25) is 18.6 Å². The first-order valence-corrected chi connectivity index (χ1v) is 15.4. The third-order valence-corrected chi connectivity index (χ3v) is 12.3. The third kappa shape index (κ3) is 3.90. The molecule has 0 spiro atoms. The SMILES string of the molecule is CC1=CC(C(C)(C)C)=CC1[Si](C)(C)C1C(C)=Cc2c(-c3ccc(C(C)C)cc3)cccc21. The Hall–Kier alpha value is -2.12. The lowest BCUT2D eigenvalue weighted by Gasteiger charge is -2.37. The minimum atomic E-state index is -1.70. The number of allylic oxidation sites excluding steroid dienone is 5. The smallest absolute Gasteiger partial charge is 0.0714 e. The van der Waals surface area contributed by atoms with Crippen molar-refractivity contribution >= 4 is 14.1 Å². The van der Waals surface area contributed by atoms with Crippen LogP contribution in [0.3, 0.4) is 0 Å². The van der Waals surface area contributed by atoms with Crippen LogP contribution in [0.15, 0.2) is 71.3 Å². The Morgan fingerprint density at radius 3 is 2.06 bits per heavy atom. The highest BCUT2D eigenvalue weighted by molar-refractivity contribution is 6.82. The van der Waals surface area contributed by atoms with Crippen LogP contribution in [0.4, 0.5) is 0 Å². The van der Waals surface area contributed by atoms with Crippen LogP contribution >= 0.6 is 0 Å². The minimum absolute atomic E-state index is 0.217. The molecule has 2 atom stereocenters. The van der Waals surface area contributed by atoms with Gasteiger partial charge in [-0.25, -0.2) is 0 Å². The molecule has 0 saturated carbocycles. The molecule has 0 nitrogen and oxygen atoms in total. The molecule has 0 N–H and O–H groups in total. The summed E-state index contributed by atoms with van der Waals surface area (Å²) in [6.45, 7) is 21.5. The zero-order valence-corrected chi connectivity index (χ0v) is 22.5. The molecule has 2 aromatic rings. The van der Waals surface area contributed by atoms with Crippen LogP contribution < -0.4 is 0 Å². The van der Waals surface area contributed by atoms with Crippen LogP contribution in [0.5, 0.6) is 0 Å². The van der Waals surface area contributed by atoms with Gasteiger partial charge in [-0.1, -0.05) is 120 Å². The van der Waals surface area contributed by atoms with E-state index in [1.165, 1.54) is 27.8 Å². The quantitative estimate of drug-likeness (QED) is 0.415. The molecule has 4 rings (SSSR count). The zero-order valence-electron chi connectivity index (χ0n) is 21.5. The van der Waals surface area contributed by atoms with Crippen LogP contribution in [-0.4, -0.2) is 8.07 Å². The van der Waals surface area contributed by atoms with E-state index >= 15 is 0 Å². The van der Waals surface area contributed by atoms with Crippen LogP contribution in [0.1, 0.15) is 76.6 Å². The maximum Gasteiger partial charge on any atom is 0.0714 e. The second-order valence-corrected chi connectivity index (χ2v) is 16.8. The summed E-state index contributed by atoms with van der Waals surface area (Å²) in [7, 11) is -1.70. The van der Waals surface area contributed by atoms with Gasteiger partial charge in [-0.2, -0.15) is 0 Å². The van der Waals surface area contributed by atoms with E-state index in [1.807, 2.05) is 0 Å². The maximum atomic E-state index is 2.61. The Balaban J connectivity index is 1.75. The summed E-state index contributed by atoms with van der Waals surface area (Å²) in [4.78, 5) is 0. The first-order valence-electron chi connectivity index (χ1n) is 12.2. The van der Waals surface area contributed by atoms with Crippen LogP contribution in [0, 0.1) is 5.41 Å². The fraction of sp³-hybridized carbons (Fsp3) is 0.419. The first kappa shape index (κ1) is 23.0. The second-order valence-electron chi connectivity index (χ2n) is 12.0. The number of hydrogen-bond acceptors (Lipinski definition) is 0. The Morgan fingerprint density at radius 1 is 0.844 bits per heavy atom. The molecule has 2 aromatic carbocycles. The molecule has 0 aromatic heterocycles. The van der Waals surface area contributed by atoms with Gasteiger partial charge in [-0.05, 0) is 64.1 Å². The molecule has 2 unspecified atom stereocenters. The Kier molecular flexibility index (Phi) is 5.78. The van der Waals surface area contributed by atoms with Crippen molar-refractivity contribution in [2.75, 3.05) is 0 Å². The summed E-state index contributed by atoms with van der Waals surface area (Å²) in [5.74, 6) is 0.567. The van der Waals surface area contributed by atoms with Crippen molar-refractivity contribution < 1.29 is 0 Å². The van der Waals surface area contributed by atoms with E-state index < -0.39 is 8.07 Å². The zero-order chi connectivity index (χ0) is 23.4. The summed E-state index contributed by atoms with van der Waals surface area (Å²) < 4.78 is 0. The average molecular weight is 441 g/mol. The Labute approximate surface area is 197 Å². The standard InChI is InChI=1S/C31H40Si/c1-20(2)23-13-15-24(16-14-23)26-11-10-12-27-28(26)18-22(4)30(27)32(8,9)29-19-25(17-21(29)3)31(5,6)7/h10-20,29-30H,1-9H3. The highest BCUT2D eigenvalue weighted by atomic mass is 28.3. The minimum Gasteiger partial charge on any atom is -0.0763 e. The van der Waals surface area contributed by atoms with E-state index in [1.54, 1.807) is 16.7 Å². The van der Waals surface area contributed by atoms with E-state index in [-0.39, 0.29) is 5.41 Å². The molecule has 0 radical (unpaired) electrons. The van der Waals surface area contributed by atoms with Crippen molar-refractivity contribution in [3.63, 3.8) is 0 Å². The lowest BCUT2D eigenvalue weighted by Crippen LogP contribution is -2.39. The highest BCUT2D eigenvalue weighted by Crippen LogP contribution is 2.53. The van der Waals surface area contributed by atoms with Gasteiger partial charge in [0, 0.05) is 5.54 Å². The number of hydrogen-bond donors (Lipinski definition) is 0. The van der Waals surface area contributed by atoms with Crippen molar-refractivity contribution in [2.24, 2.45) is 5.41 Å². The monoisotopic (exact) mass is 440 g/mol. The highest BCUT2D eigenvalue weighted by Gasteiger charge is 2.45. The predicted octanol–water partition coefficient (Wildman–Crippen LogP) is 9.53. The predicted molar refractivity (Wildman–Crippen MR) is 145 cm³/mol. The van der Waals surface area contributed by atoms with Gasteiger partial charge in [-0.15, -0.1) is 0 Å². The van der Waals surface area contributed by atoms with Gasteiger partial charge in [0.1, 0.15) is 0 Å². The molecule has 0 bridgehead atoms. The largest absolute Gasteiger partial charge is 0.0763 e. The molecule has 1 heteroatoms. The molecule has 0 saturated heterocycles. The molecule has 2 aliphatic carbocycles. The van der Waals surface area contributed by atoms with Crippen LogP contribution in [-0.2, 0) is 0 Å². The molecule has 0 fully saturated rings. The summed E-state index contributed by atoms with van der Waals surface area (Å²) >= 11 is 0. The molecule has 2 aliphatic rings. The van der Waals surface area contributed by atoms with Gasteiger partial charge < -0.3 is 0 Å². The second kappa shape index (κ2) is 8.03. The van der Waals surface area contributed by atoms with E-state index in [2.05, 4.69) is 122 Å². The molecular formula is C31H40Si. The summed E-state index contributed by atoms with van der Waals surface area (Å²) in [5, 5.41) is 0. The van der Waals surface area contributed by atoms with Crippen molar-refractivity contribution in [2.45, 2.75) is 78.6 Å². The maximum absolute atomic E-state index is 2.61. The molecule has 32 heavy (non-hydrogen) atoms. The van der Waals surface area contributed by atoms with Crippen molar-refractivity contribution in [1.29, 1.82) is 0 Å². The summed E-state index contributed by atoms with van der Waals surface area (Å²) in [6.07, 6.45) is 7.57. The van der Waals surface area contributed by atoms with Gasteiger partial charge in [0.25, 0.3) is 0 Å². The van der Waals surface area contributed by atoms with Gasteiger partial charge in [0.2, 0.25) is 0 Å². The third-order valence-electron chi connectivity index (χ3n) is 7.80. The average Bonchev–Trinajstić information content (AvgIpc) is 3.28. The first-order chi connectivity index (χ1) is 14.9. The molecule has 0 amide bonds.